The molecule has 41 heavy (non-hydrogen) atoms. The number of aliphatic carboxylic acids is 1. The minimum Gasteiger partial charge on any atom is -0.481 e. The number of carboxylic acid groups (broad SMARTS) is 1. The number of alkyl halides is 1. The van der Waals surface area contributed by atoms with E-state index in [1.54, 1.807) is 6.92 Å². The molecular formula is C31H45ClO9. The van der Waals surface area contributed by atoms with Crippen LogP contribution in [-0.4, -0.2) is 78.7 Å². The third kappa shape index (κ3) is 4.05. The Hall–Kier alpha value is -1.52. The predicted molar refractivity (Wildman–Crippen MR) is 149 cm³/mol. The molecule has 0 aromatic rings. The number of hydrogen-bond acceptors (Lipinski definition) is 8. The molecule has 4 fully saturated rings. The highest BCUT2D eigenvalue weighted by atomic mass is 35.5. The second kappa shape index (κ2) is 11.2. The zero-order chi connectivity index (χ0) is 29.9. The molecule has 4 aliphatic carbocycles. The fraction of sp³-hybridized carbons (Fsp3) is 0.839. The van der Waals surface area contributed by atoms with Crippen molar-refractivity contribution in [3.63, 3.8) is 0 Å². The van der Waals surface area contributed by atoms with Crippen LogP contribution in [0.15, 0.2) is 11.6 Å². The Bertz CT molecular complexity index is 1080. The molecule has 230 valence electrons. The number of hydrogen-bond donors (Lipinski definition) is 2. The van der Waals surface area contributed by atoms with Crippen molar-refractivity contribution in [2.24, 2.45) is 45.8 Å². The molecule has 9 nitrogen and oxygen atoms in total. The van der Waals surface area contributed by atoms with Gasteiger partial charge >= 0.3 is 11.9 Å². The molecule has 0 amide bonds. The van der Waals surface area contributed by atoms with Crippen LogP contribution in [0.2, 0.25) is 0 Å². The highest BCUT2D eigenvalue weighted by Crippen LogP contribution is 2.87. The summed E-state index contributed by atoms with van der Waals surface area (Å²) in [6, 6.07) is 0. The Labute approximate surface area is 247 Å². The number of carbonyl (C=O) groups excluding carboxylic acids is 2. The molecule has 4 bridgehead atoms. The van der Waals surface area contributed by atoms with Gasteiger partial charge in [0.05, 0.1) is 18.1 Å². The van der Waals surface area contributed by atoms with E-state index in [0.717, 1.165) is 24.7 Å². The molecular weight excluding hydrogens is 552 g/mol. The van der Waals surface area contributed by atoms with E-state index in [-0.39, 0.29) is 42.6 Å². The number of methoxy groups -OCH3 is 1. The molecule has 0 spiro atoms. The summed E-state index contributed by atoms with van der Waals surface area (Å²) in [5.41, 5.74) is -2.39. The highest BCUT2D eigenvalue weighted by Gasteiger charge is 2.89. The minimum absolute atomic E-state index is 0.0142. The highest BCUT2D eigenvalue weighted by molar-refractivity contribution is 6.17. The Balaban J connectivity index is 1.47. The Morgan fingerprint density at radius 2 is 1.95 bits per heavy atom. The molecule has 1 aliphatic heterocycles. The second-order valence-corrected chi connectivity index (χ2v) is 13.7. The summed E-state index contributed by atoms with van der Waals surface area (Å²) in [7, 11) is 1.47. The third-order valence-corrected chi connectivity index (χ3v) is 11.6. The van der Waals surface area contributed by atoms with Gasteiger partial charge in [0.25, 0.3) is 0 Å². The number of carboxylic acids is 1. The Morgan fingerprint density at radius 1 is 1.22 bits per heavy atom. The lowest BCUT2D eigenvalue weighted by Gasteiger charge is -2.48. The first-order valence-electron chi connectivity index (χ1n) is 15.1. The number of fused-ring (bicyclic) bond motifs is 2. The van der Waals surface area contributed by atoms with Gasteiger partial charge in [0.2, 0.25) is 0 Å². The lowest BCUT2D eigenvalue weighted by Crippen LogP contribution is -2.60. The first kappa shape index (κ1) is 30.9. The van der Waals surface area contributed by atoms with E-state index in [1.165, 1.54) is 7.11 Å². The lowest BCUT2D eigenvalue weighted by atomic mass is 9.55. The summed E-state index contributed by atoms with van der Waals surface area (Å²) in [5, 5.41) is 22.5. The van der Waals surface area contributed by atoms with E-state index < -0.39 is 58.9 Å². The number of aldehydes is 1. The van der Waals surface area contributed by atoms with Crippen molar-refractivity contribution < 1.29 is 43.5 Å². The van der Waals surface area contributed by atoms with Crippen molar-refractivity contribution in [3.05, 3.63) is 11.6 Å². The molecule has 5 rings (SSSR count). The van der Waals surface area contributed by atoms with Crippen LogP contribution in [0.4, 0.5) is 0 Å². The monoisotopic (exact) mass is 596 g/mol. The van der Waals surface area contributed by atoms with Crippen LogP contribution >= 0.6 is 11.6 Å². The smallest absolute Gasteiger partial charge is 0.315 e. The number of aliphatic hydroxyl groups is 1. The zero-order valence-electron chi connectivity index (χ0n) is 24.7. The van der Waals surface area contributed by atoms with Crippen LogP contribution in [0.25, 0.3) is 0 Å². The number of esters is 1. The number of halogens is 1. The average molecular weight is 597 g/mol. The van der Waals surface area contributed by atoms with Gasteiger partial charge in [-0.1, -0.05) is 38.8 Å². The number of unbranched alkanes of at least 4 members (excludes halogenated alkanes) is 1. The van der Waals surface area contributed by atoms with Gasteiger partial charge < -0.3 is 34.0 Å². The molecule has 0 aromatic heterocycles. The molecule has 2 N–H and O–H groups in total. The van der Waals surface area contributed by atoms with Crippen molar-refractivity contribution in [1.29, 1.82) is 0 Å². The number of aliphatic hydroxyl groups excluding tert-OH is 1. The fourth-order valence-corrected chi connectivity index (χ4v) is 10.3. The maximum atomic E-state index is 13.6. The topological polar surface area (TPSA) is 129 Å². The van der Waals surface area contributed by atoms with Crippen LogP contribution in [0.5, 0.6) is 0 Å². The molecule has 12 atom stereocenters. The van der Waals surface area contributed by atoms with E-state index in [4.69, 9.17) is 30.5 Å². The van der Waals surface area contributed by atoms with Gasteiger partial charge in [-0.15, -0.1) is 11.6 Å². The van der Waals surface area contributed by atoms with Crippen LogP contribution < -0.4 is 0 Å². The van der Waals surface area contributed by atoms with Crippen molar-refractivity contribution >= 4 is 29.8 Å². The molecule has 4 unspecified atom stereocenters. The SMILES string of the molecule is CO[C@H]1[C@@H](OC(=O)CCCCCl)[C@H](O)[C@H](OCC23C4C=C(C(C)C)C2(C(=O)O)C(C=O)(C4)[C@@H]2CC[C@@H](C)[C@H]23)O[C@@H]1C. The standard InChI is InChI=1S/C31H45ClO9/c1-16(2)21-12-19-13-29(14-33)20-10-9-17(3)23(20)30(19,31(21,29)28(36)37)15-39-27-24(35)26(25(38-5)18(4)40-27)41-22(34)8-6-7-11-32/h12,14,16-20,23-27,35H,6-11,13,15H2,1-5H3,(H,36,37)/t17-,18-,19?,20-,23-,24+,25-,26+,27-,29?,30?,31?/m1/s1. The number of rotatable bonds is 12. The summed E-state index contributed by atoms with van der Waals surface area (Å²) < 4.78 is 23.8. The van der Waals surface area contributed by atoms with E-state index in [1.807, 2.05) is 13.8 Å². The molecule has 0 radical (unpaired) electrons. The summed E-state index contributed by atoms with van der Waals surface area (Å²) in [6.45, 7) is 7.93. The van der Waals surface area contributed by atoms with Crippen molar-refractivity contribution in [1.82, 2.24) is 0 Å². The number of ether oxygens (including phenoxy) is 4. The van der Waals surface area contributed by atoms with Gasteiger partial charge in [0.1, 0.15) is 23.9 Å². The van der Waals surface area contributed by atoms with Gasteiger partial charge in [0, 0.05) is 24.8 Å². The Morgan fingerprint density at radius 3 is 2.56 bits per heavy atom. The summed E-state index contributed by atoms with van der Waals surface area (Å²) in [4.78, 5) is 39.3. The molecule has 10 heteroatoms. The molecule has 1 heterocycles. The summed E-state index contributed by atoms with van der Waals surface area (Å²) >= 11 is 5.73. The summed E-state index contributed by atoms with van der Waals surface area (Å²) in [6.07, 6.45) is 1.90. The zero-order valence-corrected chi connectivity index (χ0v) is 25.5. The first-order chi connectivity index (χ1) is 19.5. The van der Waals surface area contributed by atoms with Gasteiger partial charge in [-0.2, -0.15) is 0 Å². The predicted octanol–water partition coefficient (Wildman–Crippen LogP) is 3.98. The van der Waals surface area contributed by atoms with Gasteiger partial charge in [0.15, 0.2) is 12.4 Å². The maximum absolute atomic E-state index is 13.6. The van der Waals surface area contributed by atoms with Gasteiger partial charge in [-0.3, -0.25) is 9.59 Å². The molecule has 1 saturated heterocycles. The van der Waals surface area contributed by atoms with E-state index >= 15 is 0 Å². The van der Waals surface area contributed by atoms with Crippen LogP contribution in [0.1, 0.15) is 66.2 Å². The summed E-state index contributed by atoms with van der Waals surface area (Å²) in [5.74, 6) is -1.00. The maximum Gasteiger partial charge on any atom is 0.315 e. The van der Waals surface area contributed by atoms with Crippen LogP contribution in [0, 0.1) is 45.8 Å². The largest absolute Gasteiger partial charge is 0.481 e. The normalized spacial score (nSPS) is 46.0. The first-order valence-corrected chi connectivity index (χ1v) is 15.7. The van der Waals surface area contributed by atoms with E-state index in [0.29, 0.717) is 25.1 Å². The minimum atomic E-state index is -1.38. The van der Waals surface area contributed by atoms with E-state index in [2.05, 4.69) is 13.0 Å². The van der Waals surface area contributed by atoms with Crippen molar-refractivity contribution in [3.8, 4) is 0 Å². The average Bonchev–Trinajstić information content (AvgIpc) is 3.60. The van der Waals surface area contributed by atoms with Gasteiger partial charge in [-0.05, 0) is 62.2 Å². The molecule has 5 aliphatic rings. The number of carbonyl (C=O) groups is 3. The molecule has 0 aromatic carbocycles. The molecule has 3 saturated carbocycles. The second-order valence-electron chi connectivity index (χ2n) is 13.3. The van der Waals surface area contributed by atoms with Crippen LogP contribution in [0.3, 0.4) is 0 Å². The lowest BCUT2D eigenvalue weighted by molar-refractivity contribution is -0.308. The van der Waals surface area contributed by atoms with E-state index in [9.17, 15) is 24.6 Å². The van der Waals surface area contributed by atoms with Crippen LogP contribution in [-0.2, 0) is 33.3 Å². The quantitative estimate of drug-likeness (QED) is 0.113. The number of allylic oxidation sites excluding steroid dienone is 1. The van der Waals surface area contributed by atoms with Crippen molar-refractivity contribution in [2.75, 3.05) is 19.6 Å². The third-order valence-electron chi connectivity index (χ3n) is 11.4. The van der Waals surface area contributed by atoms with Gasteiger partial charge in [-0.25, -0.2) is 0 Å². The Kier molecular flexibility index (Phi) is 8.44. The van der Waals surface area contributed by atoms with Crippen molar-refractivity contribution in [2.45, 2.75) is 96.9 Å². The fourth-order valence-electron chi connectivity index (χ4n) is 10.1.